The summed E-state index contributed by atoms with van der Waals surface area (Å²) in [6.07, 6.45) is 28.5. The van der Waals surface area contributed by atoms with E-state index < -0.39 is 11.6 Å². The van der Waals surface area contributed by atoms with Crippen LogP contribution in [0.1, 0.15) is 216 Å². The van der Waals surface area contributed by atoms with Gasteiger partial charge in [0.25, 0.3) is 0 Å². The quantitative estimate of drug-likeness (QED) is 0.0980. The summed E-state index contributed by atoms with van der Waals surface area (Å²) in [4.78, 5) is 83.3. The number of rotatable bonds is 20. The molecule has 4 rings (SSSR count). The molecule has 4 atom stereocenters. The highest BCUT2D eigenvalue weighted by Crippen LogP contribution is 2.24. The molecule has 3 N–H and O–H groups in total. The van der Waals surface area contributed by atoms with E-state index in [0.29, 0.717) is 63.8 Å². The summed E-state index contributed by atoms with van der Waals surface area (Å²) in [6, 6.07) is 1.30. The average Bonchev–Trinajstić information content (AvgIpc) is 3.55. The molecule has 524 valence electrons. The highest BCUT2D eigenvalue weighted by atomic mass is 19.1. The molecule has 14 nitrogen and oxygen atoms in total. The Labute approximate surface area is 555 Å². The van der Waals surface area contributed by atoms with Gasteiger partial charge in [-0.1, -0.05) is 189 Å². The number of morpholine rings is 2. The Morgan fingerprint density at radius 1 is 0.473 bits per heavy atom. The first kappa shape index (κ1) is 90.7. The van der Waals surface area contributed by atoms with Gasteiger partial charge in [0.1, 0.15) is 0 Å². The molecule has 15 heteroatoms. The fourth-order valence-corrected chi connectivity index (χ4v) is 8.84. The van der Waals surface area contributed by atoms with Crippen molar-refractivity contribution in [1.82, 2.24) is 25.8 Å². The third-order valence-corrected chi connectivity index (χ3v) is 12.8. The van der Waals surface area contributed by atoms with Crippen molar-refractivity contribution >= 4 is 40.5 Å². The minimum Gasteiger partial charge on any atom is -0.378 e. The van der Waals surface area contributed by atoms with Crippen LogP contribution >= 0.6 is 0 Å². The minimum absolute atomic E-state index is 0.0674. The highest BCUT2D eigenvalue weighted by Gasteiger charge is 2.22. The first-order chi connectivity index (χ1) is 41.4. The SMILES string of the molecule is C=C(F)C(=O)CC(C)(C)C.C=CC(=O)CC(C)(C)C.CC(C)(C)CC(=O)/C=C/C1COCCN1.CC(C)(C)CC(=O)/C=C/[C@H]1CCCN1.CC(C)(C)CC(=O)/C=C\C1COCCN1.CN(C)C/C=C/C(=O)CC(C)(C)C.CN1CCC[C@@H]1/C=C/C(=O)CC(C)(C)C. The van der Waals surface area contributed by atoms with Crippen LogP contribution in [0.15, 0.2) is 85.8 Å². The molecular weight excluding hydrogens is 1150 g/mol. The molecule has 4 aliphatic heterocycles. The highest BCUT2D eigenvalue weighted by molar-refractivity contribution is 5.93. The summed E-state index contributed by atoms with van der Waals surface area (Å²) < 4.78 is 22.7. The van der Waals surface area contributed by atoms with Crippen molar-refractivity contribution in [3.63, 3.8) is 0 Å². The molecule has 0 radical (unpaired) electrons. The predicted molar refractivity (Wildman–Crippen MR) is 380 cm³/mol. The molecule has 0 aromatic carbocycles. The molecule has 0 aliphatic carbocycles. The fraction of sp³-hybridized carbons (Fsp3) is 0.724. The lowest BCUT2D eigenvalue weighted by Gasteiger charge is -2.21. The molecule has 0 aromatic heterocycles. The second-order valence-corrected chi connectivity index (χ2v) is 33.3. The Bertz CT molecular complexity index is 2250. The summed E-state index contributed by atoms with van der Waals surface area (Å²) in [6.45, 7) is 56.9. The molecule has 91 heavy (non-hydrogen) atoms. The van der Waals surface area contributed by atoms with Crippen LogP contribution in [0.5, 0.6) is 0 Å². The smallest absolute Gasteiger partial charge is 0.191 e. The van der Waals surface area contributed by atoms with Crippen molar-refractivity contribution in [2.24, 2.45) is 37.9 Å². The molecule has 0 aromatic rings. The number of likely N-dealkylation sites (tertiary alicyclic amines) is 1. The van der Waals surface area contributed by atoms with Gasteiger partial charge in [-0.05, 0) is 134 Å². The second-order valence-electron chi connectivity index (χ2n) is 33.3. The molecular formula is C76H134FN5O9. The molecule has 4 fully saturated rings. The summed E-state index contributed by atoms with van der Waals surface area (Å²) >= 11 is 0. The standard InChI is InChI=1S/C13H23NO.2C12H21NO2.C12H21NO.C11H21NO.C8H13FO.C8H14O/c1-13(2,3)10-12(15)8-7-11-6-5-9-14(11)4;2*1-12(2,3)8-11(14)5-4-10-9-15-7-6-13-10;1-12(2,3)9-11(14)7-6-10-5-4-8-13-10;1-11(2,3)9-10(13)7-6-8-12(4)5;1-6(9)7(10)5-8(2,3)4;1-5-7(9)6-8(2,3)4/h7-8,11H,5-6,9-10H2,1-4H3;2*4-5,10,13H,6-9H2,1-3H3;6-7,10,13H,4-5,8-9H2,1-3H3;6-7H,8-9H2,1-5H3;1,5H2,2-4H3;5H,1,6H2,2-4H3/b8-7+;5-4+;5-4-;2*7-6+;;/t11-;;;10-;;;/m1..1.../s1. The summed E-state index contributed by atoms with van der Waals surface area (Å²) in [5.41, 5.74) is 0.389. The Morgan fingerprint density at radius 3 is 1.05 bits per heavy atom. The predicted octanol–water partition coefficient (Wildman–Crippen LogP) is 14.8. The van der Waals surface area contributed by atoms with Gasteiger partial charge in [-0.25, -0.2) is 4.39 Å². The molecule has 0 amide bonds. The number of allylic oxidation sites excluding steroid dienone is 7. The van der Waals surface area contributed by atoms with E-state index in [9.17, 15) is 38.0 Å². The van der Waals surface area contributed by atoms with Crippen LogP contribution in [-0.4, -0.2) is 155 Å². The van der Waals surface area contributed by atoms with Crippen LogP contribution in [-0.2, 0) is 43.0 Å². The van der Waals surface area contributed by atoms with E-state index in [-0.39, 0.29) is 91.1 Å². The number of Topliss-reactive ketones (excluding diaryl/α,β-unsaturated/α-hetero) is 1. The van der Waals surface area contributed by atoms with Gasteiger partial charge in [0, 0.05) is 88.7 Å². The largest absolute Gasteiger partial charge is 0.378 e. The molecule has 4 aliphatic rings. The first-order valence-corrected chi connectivity index (χ1v) is 33.2. The van der Waals surface area contributed by atoms with Gasteiger partial charge in [0.05, 0.1) is 26.4 Å². The molecule has 4 heterocycles. The van der Waals surface area contributed by atoms with E-state index in [1.165, 1.54) is 31.8 Å². The van der Waals surface area contributed by atoms with Crippen molar-refractivity contribution in [2.75, 3.05) is 80.3 Å². The fourth-order valence-electron chi connectivity index (χ4n) is 8.84. The third kappa shape index (κ3) is 65.4. The van der Waals surface area contributed by atoms with Gasteiger partial charge < -0.3 is 30.3 Å². The number of carbonyl (C=O) groups is 7. The van der Waals surface area contributed by atoms with E-state index in [4.69, 9.17) is 9.47 Å². The Hall–Kier alpha value is -4.48. The first-order valence-electron chi connectivity index (χ1n) is 33.2. The van der Waals surface area contributed by atoms with Crippen molar-refractivity contribution in [1.29, 1.82) is 0 Å². The maximum atomic E-state index is 12.1. The summed E-state index contributed by atoms with van der Waals surface area (Å²) in [5.74, 6) is -0.113. The summed E-state index contributed by atoms with van der Waals surface area (Å²) in [5, 5.41) is 9.88. The summed E-state index contributed by atoms with van der Waals surface area (Å²) in [7, 11) is 6.09. The lowest BCUT2D eigenvalue weighted by molar-refractivity contribution is -0.119. The van der Waals surface area contributed by atoms with Crippen molar-refractivity contribution in [2.45, 2.75) is 240 Å². The van der Waals surface area contributed by atoms with E-state index in [0.717, 1.165) is 45.9 Å². The van der Waals surface area contributed by atoms with Crippen LogP contribution in [0.25, 0.3) is 0 Å². The van der Waals surface area contributed by atoms with Crippen LogP contribution in [0.3, 0.4) is 0 Å². The van der Waals surface area contributed by atoms with Gasteiger partial charge in [0.2, 0.25) is 0 Å². The Balaban J connectivity index is -0.00000100. The zero-order chi connectivity index (χ0) is 71.0. The Kier molecular flexibility index (Phi) is 45.6. The number of carbonyl (C=O) groups excluding carboxylic acids is 7. The number of hydrogen-bond acceptors (Lipinski definition) is 14. The number of halogens is 1. The second kappa shape index (κ2) is 45.8. The average molecular weight is 1280 g/mol. The monoisotopic (exact) mass is 1280 g/mol. The number of nitrogens with one attached hydrogen (secondary N) is 3. The van der Waals surface area contributed by atoms with E-state index >= 15 is 0 Å². The normalized spacial score (nSPS) is 19.3. The van der Waals surface area contributed by atoms with Crippen LogP contribution in [0.2, 0.25) is 0 Å². The van der Waals surface area contributed by atoms with Crippen molar-refractivity contribution in [3.05, 3.63) is 85.8 Å². The molecule has 0 bridgehead atoms. The zero-order valence-corrected chi connectivity index (χ0v) is 62.2. The number of likely N-dealkylation sites (N-methyl/N-ethyl adjacent to an activating group) is 2. The third-order valence-electron chi connectivity index (χ3n) is 12.8. The molecule has 0 spiro atoms. The minimum atomic E-state index is -0.838. The molecule has 0 saturated carbocycles. The van der Waals surface area contributed by atoms with Gasteiger partial charge in [-0.15, -0.1) is 0 Å². The van der Waals surface area contributed by atoms with Crippen LogP contribution in [0, 0.1) is 37.9 Å². The van der Waals surface area contributed by atoms with Gasteiger partial charge in [0.15, 0.2) is 46.3 Å². The van der Waals surface area contributed by atoms with E-state index in [2.05, 4.69) is 151 Å². The van der Waals surface area contributed by atoms with Gasteiger partial charge in [-0.2, -0.15) is 0 Å². The molecule has 4 saturated heterocycles. The van der Waals surface area contributed by atoms with Gasteiger partial charge >= 0.3 is 0 Å². The number of ketones is 7. The van der Waals surface area contributed by atoms with Crippen molar-refractivity contribution < 1.29 is 47.4 Å². The number of nitrogens with zero attached hydrogens (tertiary/aromatic N) is 2. The van der Waals surface area contributed by atoms with Crippen LogP contribution in [0.4, 0.5) is 4.39 Å². The van der Waals surface area contributed by atoms with Crippen LogP contribution < -0.4 is 16.0 Å². The zero-order valence-electron chi connectivity index (χ0n) is 62.2. The topological polar surface area (TPSA) is 181 Å². The van der Waals surface area contributed by atoms with Gasteiger partial charge in [-0.3, -0.25) is 38.5 Å². The lowest BCUT2D eigenvalue weighted by atomic mass is 9.90. The Morgan fingerprint density at radius 2 is 0.802 bits per heavy atom. The lowest BCUT2D eigenvalue weighted by Crippen LogP contribution is -2.39. The maximum absolute atomic E-state index is 12.1. The maximum Gasteiger partial charge on any atom is 0.191 e. The van der Waals surface area contributed by atoms with Crippen molar-refractivity contribution in [3.8, 4) is 0 Å². The number of hydrogen-bond donors (Lipinski definition) is 3. The number of ether oxygens (including phenoxy) is 2. The van der Waals surface area contributed by atoms with E-state index in [1.807, 2.05) is 84.8 Å². The van der Waals surface area contributed by atoms with E-state index in [1.54, 1.807) is 30.4 Å². The molecule has 2 unspecified atom stereocenters.